The number of thiazole rings is 1. The van der Waals surface area contributed by atoms with Gasteiger partial charge in [0.15, 0.2) is 16.7 Å². The van der Waals surface area contributed by atoms with E-state index in [1.807, 2.05) is 41.8 Å². The first-order valence-electron chi connectivity index (χ1n) is 8.65. The van der Waals surface area contributed by atoms with Crippen LogP contribution in [0.5, 0.6) is 11.5 Å². The Labute approximate surface area is 179 Å². The van der Waals surface area contributed by atoms with Crippen LogP contribution >= 0.6 is 27.3 Å². The van der Waals surface area contributed by atoms with Crippen molar-refractivity contribution in [3.63, 3.8) is 0 Å². The van der Waals surface area contributed by atoms with Gasteiger partial charge in [-0.2, -0.15) is 0 Å². The molecule has 0 radical (unpaired) electrons. The zero-order valence-corrected chi connectivity index (χ0v) is 17.8. The Morgan fingerprint density at radius 1 is 1.21 bits per heavy atom. The van der Waals surface area contributed by atoms with Crippen LogP contribution in [-0.2, 0) is 16.0 Å². The number of nitrogens with one attached hydrogen (secondary N) is 3. The van der Waals surface area contributed by atoms with Gasteiger partial charge in [-0.05, 0) is 34.5 Å². The summed E-state index contributed by atoms with van der Waals surface area (Å²) < 4.78 is 6.72. The van der Waals surface area contributed by atoms with Crippen molar-refractivity contribution in [1.29, 1.82) is 0 Å². The zero-order chi connectivity index (χ0) is 20.6. The van der Waals surface area contributed by atoms with Gasteiger partial charge >= 0.3 is 0 Å². The summed E-state index contributed by atoms with van der Waals surface area (Å²) in [4.78, 5) is 31.3. The third-order valence-corrected chi connectivity index (χ3v) is 4.79. The van der Waals surface area contributed by atoms with Gasteiger partial charge < -0.3 is 10.1 Å². The molecular weight excluding hydrogens is 458 g/mol. The van der Waals surface area contributed by atoms with Crippen molar-refractivity contribution in [2.75, 3.05) is 5.32 Å². The van der Waals surface area contributed by atoms with Gasteiger partial charge in [-0.25, -0.2) is 9.97 Å². The van der Waals surface area contributed by atoms with E-state index >= 15 is 0 Å². The van der Waals surface area contributed by atoms with Gasteiger partial charge in [-0.1, -0.05) is 18.2 Å². The number of hydrogen-bond acceptors (Lipinski definition) is 7. The highest BCUT2D eigenvalue weighted by atomic mass is 79.9. The molecule has 2 aromatic heterocycles. The van der Waals surface area contributed by atoms with Crippen LogP contribution in [-0.4, -0.2) is 21.8 Å². The van der Waals surface area contributed by atoms with E-state index in [9.17, 15) is 9.59 Å². The van der Waals surface area contributed by atoms with Gasteiger partial charge in [-0.3, -0.25) is 20.4 Å². The quantitative estimate of drug-likeness (QED) is 0.447. The van der Waals surface area contributed by atoms with Crippen LogP contribution < -0.4 is 20.9 Å². The summed E-state index contributed by atoms with van der Waals surface area (Å²) >= 11 is 4.81. The van der Waals surface area contributed by atoms with Crippen LogP contribution in [0.4, 0.5) is 10.9 Å². The number of rotatable bonds is 7. The number of hydrazine groups is 1. The highest BCUT2D eigenvalue weighted by Crippen LogP contribution is 2.33. The van der Waals surface area contributed by atoms with Gasteiger partial charge in [0, 0.05) is 35.5 Å². The number of aromatic nitrogens is 2. The Kier molecular flexibility index (Phi) is 7.14. The van der Waals surface area contributed by atoms with Gasteiger partial charge in [0.05, 0.1) is 5.69 Å². The lowest BCUT2D eigenvalue weighted by Gasteiger charge is -2.11. The largest absolute Gasteiger partial charge is 0.453 e. The normalized spacial score (nSPS) is 10.3. The van der Waals surface area contributed by atoms with Crippen LogP contribution in [0.2, 0.25) is 0 Å². The van der Waals surface area contributed by atoms with E-state index in [2.05, 4.69) is 42.1 Å². The van der Waals surface area contributed by atoms with E-state index in [1.165, 1.54) is 18.3 Å². The number of carbonyl (C=O) groups excluding carboxylic acids is 2. The molecule has 3 rings (SSSR count). The first-order chi connectivity index (χ1) is 14.0. The Hall–Kier alpha value is -2.98. The Balaban J connectivity index is 1.63. The van der Waals surface area contributed by atoms with Crippen molar-refractivity contribution >= 4 is 50.0 Å². The first-order valence-corrected chi connectivity index (χ1v) is 10.3. The summed E-state index contributed by atoms with van der Waals surface area (Å²) in [5, 5.41) is 5.66. The van der Waals surface area contributed by atoms with Crippen molar-refractivity contribution in [1.82, 2.24) is 20.8 Å². The monoisotopic (exact) mass is 475 g/mol. The fraction of sp³-hybridized carbons (Fsp3) is 0.158. The molecule has 29 heavy (non-hydrogen) atoms. The molecule has 0 saturated heterocycles. The molecule has 1 aromatic carbocycles. The SMILES string of the molecule is CC(=O)NNC(=O)CCc1csc(Nc2ncc(Br)cc2Oc2ccccc2)n1. The number of aryl methyl sites for hydroxylation is 1. The van der Waals surface area contributed by atoms with Crippen molar-refractivity contribution in [3.05, 3.63) is 58.1 Å². The maximum absolute atomic E-state index is 11.7. The van der Waals surface area contributed by atoms with Gasteiger partial charge in [0.2, 0.25) is 11.8 Å². The molecule has 2 amide bonds. The van der Waals surface area contributed by atoms with E-state index in [0.717, 1.165) is 10.2 Å². The molecule has 10 heteroatoms. The summed E-state index contributed by atoms with van der Waals surface area (Å²) in [5.74, 6) is 1.17. The first kappa shape index (κ1) is 20.7. The standard InChI is InChI=1S/C19H18BrN5O3S/c1-12(26)24-25-17(27)8-7-14-11-29-19(22-14)23-18-16(9-13(20)10-21-18)28-15-5-3-2-4-6-15/h2-6,9-11H,7-8H2,1H3,(H,24,26)(H,25,27)(H,21,22,23). The van der Waals surface area contributed by atoms with Crippen LogP contribution in [0, 0.1) is 0 Å². The number of ether oxygens (including phenoxy) is 1. The lowest BCUT2D eigenvalue weighted by atomic mass is 10.2. The van der Waals surface area contributed by atoms with Crippen LogP contribution in [0.15, 0.2) is 52.4 Å². The number of pyridine rings is 1. The third-order valence-electron chi connectivity index (χ3n) is 3.55. The molecule has 0 atom stereocenters. The molecule has 0 unspecified atom stereocenters. The summed E-state index contributed by atoms with van der Waals surface area (Å²) in [6.45, 7) is 1.32. The maximum Gasteiger partial charge on any atom is 0.238 e. The Morgan fingerprint density at radius 2 is 2.00 bits per heavy atom. The number of nitrogens with zero attached hydrogens (tertiary/aromatic N) is 2. The average Bonchev–Trinajstić information content (AvgIpc) is 3.15. The molecule has 0 spiro atoms. The van der Waals surface area contributed by atoms with Crippen molar-refractivity contribution < 1.29 is 14.3 Å². The van der Waals surface area contributed by atoms with E-state index in [1.54, 1.807) is 6.20 Å². The Bertz CT molecular complexity index is 997. The van der Waals surface area contributed by atoms with Crippen molar-refractivity contribution in [2.24, 2.45) is 0 Å². The van der Waals surface area contributed by atoms with Crippen molar-refractivity contribution in [3.8, 4) is 11.5 Å². The molecule has 0 fully saturated rings. The highest BCUT2D eigenvalue weighted by Gasteiger charge is 2.11. The van der Waals surface area contributed by atoms with E-state index in [0.29, 0.717) is 28.9 Å². The number of benzene rings is 1. The fourth-order valence-electron chi connectivity index (χ4n) is 2.25. The molecule has 3 N–H and O–H groups in total. The average molecular weight is 476 g/mol. The number of anilines is 2. The molecule has 0 aliphatic rings. The lowest BCUT2D eigenvalue weighted by Crippen LogP contribution is -2.40. The number of halogens is 1. The topological polar surface area (TPSA) is 105 Å². The minimum Gasteiger partial charge on any atom is -0.453 e. The van der Waals surface area contributed by atoms with E-state index in [4.69, 9.17) is 4.74 Å². The van der Waals surface area contributed by atoms with Gasteiger partial charge in [0.1, 0.15) is 5.75 Å². The zero-order valence-electron chi connectivity index (χ0n) is 15.4. The number of para-hydroxylation sites is 1. The van der Waals surface area contributed by atoms with Crippen LogP contribution in [0.1, 0.15) is 19.0 Å². The summed E-state index contributed by atoms with van der Waals surface area (Å²) in [5.41, 5.74) is 5.34. The summed E-state index contributed by atoms with van der Waals surface area (Å²) in [6.07, 6.45) is 2.33. The van der Waals surface area contributed by atoms with Crippen molar-refractivity contribution in [2.45, 2.75) is 19.8 Å². The van der Waals surface area contributed by atoms with Crippen LogP contribution in [0.25, 0.3) is 0 Å². The van der Waals surface area contributed by atoms with E-state index < -0.39 is 0 Å². The van der Waals surface area contributed by atoms with Gasteiger partial charge in [-0.15, -0.1) is 11.3 Å². The number of amides is 2. The third kappa shape index (κ3) is 6.54. The molecule has 0 saturated carbocycles. The second-order valence-electron chi connectivity index (χ2n) is 5.91. The molecule has 2 heterocycles. The van der Waals surface area contributed by atoms with Gasteiger partial charge in [0.25, 0.3) is 0 Å². The molecular formula is C19H18BrN5O3S. The van der Waals surface area contributed by atoms with E-state index in [-0.39, 0.29) is 18.2 Å². The molecule has 0 aliphatic heterocycles. The highest BCUT2D eigenvalue weighted by molar-refractivity contribution is 9.10. The number of hydrogen-bond donors (Lipinski definition) is 3. The second kappa shape index (κ2) is 9.99. The Morgan fingerprint density at radius 3 is 2.76 bits per heavy atom. The minimum atomic E-state index is -0.325. The maximum atomic E-state index is 11.7. The molecule has 8 nitrogen and oxygen atoms in total. The smallest absolute Gasteiger partial charge is 0.238 e. The fourth-order valence-corrected chi connectivity index (χ4v) is 3.30. The van der Waals surface area contributed by atoms with Crippen LogP contribution in [0.3, 0.4) is 0 Å². The molecule has 0 bridgehead atoms. The summed E-state index contributed by atoms with van der Waals surface area (Å²) in [7, 11) is 0. The summed E-state index contributed by atoms with van der Waals surface area (Å²) in [6, 6.07) is 11.2. The lowest BCUT2D eigenvalue weighted by molar-refractivity contribution is -0.127. The molecule has 150 valence electrons. The minimum absolute atomic E-state index is 0.211. The number of carbonyl (C=O) groups is 2. The predicted octanol–water partition coefficient (Wildman–Crippen LogP) is 3.94. The second-order valence-corrected chi connectivity index (χ2v) is 7.69. The molecule has 0 aliphatic carbocycles. The predicted molar refractivity (Wildman–Crippen MR) is 114 cm³/mol. The molecule has 3 aromatic rings.